The van der Waals surface area contributed by atoms with Crippen molar-refractivity contribution < 1.29 is 19.2 Å². The Morgan fingerprint density at radius 1 is 1.28 bits per heavy atom. The van der Waals surface area contributed by atoms with Crippen molar-refractivity contribution in [2.24, 2.45) is 0 Å². The lowest BCUT2D eigenvalue weighted by Crippen LogP contribution is -2.15. The molecule has 11 heteroatoms. The Bertz CT molecular complexity index is 1070. The Balaban J connectivity index is 1.67. The summed E-state index contributed by atoms with van der Waals surface area (Å²) in [4.78, 5) is 22.8. The molecule has 9 nitrogen and oxygen atoms in total. The number of benzene rings is 2. The Morgan fingerprint density at radius 2 is 2.07 bits per heavy atom. The lowest BCUT2D eigenvalue weighted by atomic mass is 10.2. The maximum atomic E-state index is 12.4. The van der Waals surface area contributed by atoms with Crippen LogP contribution in [0.4, 0.5) is 11.4 Å². The van der Waals surface area contributed by atoms with Gasteiger partial charge in [0.05, 0.1) is 28.3 Å². The van der Waals surface area contributed by atoms with E-state index < -0.39 is 10.8 Å². The topological polar surface area (TPSA) is 109 Å². The smallest absolute Gasteiger partial charge is 0.276 e. The first-order valence-electron chi connectivity index (χ1n) is 8.12. The number of anilines is 1. The van der Waals surface area contributed by atoms with Gasteiger partial charge in [-0.2, -0.15) is 5.10 Å². The van der Waals surface area contributed by atoms with E-state index in [4.69, 9.17) is 21.1 Å². The molecule has 1 aromatic heterocycles. The van der Waals surface area contributed by atoms with Crippen LogP contribution in [-0.4, -0.2) is 27.7 Å². The maximum absolute atomic E-state index is 12.4. The van der Waals surface area contributed by atoms with Crippen LogP contribution >= 0.6 is 27.5 Å². The van der Waals surface area contributed by atoms with Crippen LogP contribution < -0.4 is 14.8 Å². The van der Waals surface area contributed by atoms with Crippen molar-refractivity contribution in [3.63, 3.8) is 0 Å². The van der Waals surface area contributed by atoms with Gasteiger partial charge >= 0.3 is 0 Å². The summed E-state index contributed by atoms with van der Waals surface area (Å²) in [6.07, 6.45) is 1.59. The Labute approximate surface area is 178 Å². The van der Waals surface area contributed by atoms with Gasteiger partial charge in [0.2, 0.25) is 0 Å². The molecular formula is C18H14BrClN4O5. The third-order valence-electron chi connectivity index (χ3n) is 3.76. The fourth-order valence-electron chi connectivity index (χ4n) is 2.37. The second kappa shape index (κ2) is 8.93. The molecule has 0 radical (unpaired) electrons. The number of ether oxygens (including phenoxy) is 2. The number of aromatic nitrogens is 2. The minimum absolute atomic E-state index is 0.0777. The number of non-ortho nitro benzene ring substituents is 1. The van der Waals surface area contributed by atoms with Gasteiger partial charge in [-0.25, -0.2) is 4.68 Å². The number of hydrogen-bond acceptors (Lipinski definition) is 6. The number of halogens is 2. The molecule has 0 fully saturated rings. The zero-order chi connectivity index (χ0) is 21.0. The van der Waals surface area contributed by atoms with Gasteiger partial charge in [0, 0.05) is 17.3 Å². The van der Waals surface area contributed by atoms with Crippen molar-refractivity contribution in [3.05, 3.63) is 74.0 Å². The number of nitro groups is 1. The van der Waals surface area contributed by atoms with Crippen LogP contribution in [0, 0.1) is 10.1 Å². The molecule has 0 atom stereocenters. The van der Waals surface area contributed by atoms with Crippen molar-refractivity contribution in [3.8, 4) is 11.5 Å². The number of nitrogens with zero attached hydrogens (tertiary/aromatic N) is 3. The summed E-state index contributed by atoms with van der Waals surface area (Å²) < 4.78 is 12.9. The fourth-order valence-corrected chi connectivity index (χ4v) is 3.16. The van der Waals surface area contributed by atoms with Crippen molar-refractivity contribution in [2.75, 3.05) is 12.4 Å². The SMILES string of the molecule is COc1cc([N+](=O)[O-])ccc1NC(=O)c1ccn(COc2ccc(Cl)cc2Br)n1. The number of hydrogen-bond donors (Lipinski definition) is 1. The van der Waals surface area contributed by atoms with Gasteiger partial charge < -0.3 is 14.8 Å². The van der Waals surface area contributed by atoms with Gasteiger partial charge in [0.15, 0.2) is 12.4 Å². The van der Waals surface area contributed by atoms with Crippen molar-refractivity contribution in [1.29, 1.82) is 0 Å². The molecule has 3 rings (SSSR count). The molecule has 3 aromatic rings. The average molecular weight is 482 g/mol. The van der Waals surface area contributed by atoms with Crippen LogP contribution in [0.2, 0.25) is 5.02 Å². The number of methoxy groups -OCH3 is 1. The summed E-state index contributed by atoms with van der Waals surface area (Å²) in [5.41, 5.74) is 0.290. The number of nitrogens with one attached hydrogen (secondary N) is 1. The van der Waals surface area contributed by atoms with Crippen molar-refractivity contribution in [2.45, 2.75) is 6.73 Å². The minimum Gasteiger partial charge on any atom is -0.494 e. The largest absolute Gasteiger partial charge is 0.494 e. The molecule has 0 aliphatic rings. The predicted octanol–water partition coefficient (Wildman–Crippen LogP) is 4.50. The van der Waals surface area contributed by atoms with E-state index in [9.17, 15) is 14.9 Å². The number of nitro benzene ring substituents is 1. The zero-order valence-electron chi connectivity index (χ0n) is 15.0. The number of rotatable bonds is 7. The van der Waals surface area contributed by atoms with Crippen LogP contribution in [0.5, 0.6) is 11.5 Å². The standard InChI is InChI=1S/C18H14BrClN4O5/c1-28-17-9-12(24(26)27)3-4-14(17)21-18(25)15-6-7-23(22-15)10-29-16-5-2-11(20)8-13(16)19/h2-9H,10H2,1H3,(H,21,25). The molecule has 2 aromatic carbocycles. The summed E-state index contributed by atoms with van der Waals surface area (Å²) >= 11 is 9.25. The molecular weight excluding hydrogens is 468 g/mol. The van der Waals surface area contributed by atoms with Gasteiger partial charge in [-0.3, -0.25) is 14.9 Å². The Kier molecular flexibility index (Phi) is 6.35. The molecule has 0 saturated carbocycles. The van der Waals surface area contributed by atoms with Crippen LogP contribution in [0.25, 0.3) is 0 Å². The van der Waals surface area contributed by atoms with Crippen LogP contribution in [0.1, 0.15) is 10.5 Å². The molecule has 0 spiro atoms. The Hall–Kier alpha value is -3.11. The van der Waals surface area contributed by atoms with E-state index in [2.05, 4.69) is 26.3 Å². The minimum atomic E-state index is -0.547. The molecule has 0 unspecified atom stereocenters. The van der Waals surface area contributed by atoms with Crippen LogP contribution in [-0.2, 0) is 6.73 Å². The summed E-state index contributed by atoms with van der Waals surface area (Å²) in [5, 5.41) is 18.2. The predicted molar refractivity (Wildman–Crippen MR) is 110 cm³/mol. The van der Waals surface area contributed by atoms with E-state index in [0.717, 1.165) is 0 Å². The summed E-state index contributed by atoms with van der Waals surface area (Å²) in [5.74, 6) is 0.248. The molecule has 1 amide bonds. The molecule has 0 aliphatic carbocycles. The highest BCUT2D eigenvalue weighted by Crippen LogP contribution is 2.30. The molecule has 0 aliphatic heterocycles. The van der Waals surface area contributed by atoms with E-state index in [-0.39, 0.29) is 23.9 Å². The van der Waals surface area contributed by atoms with Gasteiger partial charge in [-0.1, -0.05) is 11.6 Å². The Morgan fingerprint density at radius 3 is 2.76 bits per heavy atom. The van der Waals surface area contributed by atoms with Gasteiger partial charge in [0.1, 0.15) is 11.5 Å². The summed E-state index contributed by atoms with van der Waals surface area (Å²) in [6.45, 7) is 0.0777. The lowest BCUT2D eigenvalue weighted by molar-refractivity contribution is -0.384. The number of amides is 1. The third-order valence-corrected chi connectivity index (χ3v) is 4.62. The van der Waals surface area contributed by atoms with E-state index in [1.807, 2.05) is 0 Å². The second-order valence-electron chi connectivity index (χ2n) is 5.68. The van der Waals surface area contributed by atoms with Crippen LogP contribution in [0.3, 0.4) is 0 Å². The fraction of sp³-hybridized carbons (Fsp3) is 0.111. The van der Waals surface area contributed by atoms with Gasteiger partial charge in [-0.15, -0.1) is 0 Å². The van der Waals surface area contributed by atoms with Gasteiger partial charge in [0.25, 0.3) is 11.6 Å². The lowest BCUT2D eigenvalue weighted by Gasteiger charge is -2.09. The highest BCUT2D eigenvalue weighted by Gasteiger charge is 2.16. The normalized spacial score (nSPS) is 10.4. The monoisotopic (exact) mass is 480 g/mol. The quantitative estimate of drug-likeness (QED) is 0.393. The van der Waals surface area contributed by atoms with E-state index in [1.54, 1.807) is 24.4 Å². The van der Waals surface area contributed by atoms with Crippen molar-refractivity contribution in [1.82, 2.24) is 9.78 Å². The third kappa shape index (κ3) is 5.04. The van der Waals surface area contributed by atoms with E-state index in [0.29, 0.717) is 20.9 Å². The highest BCUT2D eigenvalue weighted by molar-refractivity contribution is 9.10. The van der Waals surface area contributed by atoms with Crippen molar-refractivity contribution >= 4 is 44.8 Å². The molecule has 1 N–H and O–H groups in total. The number of carbonyl (C=O) groups is 1. The van der Waals surface area contributed by atoms with Gasteiger partial charge in [-0.05, 0) is 46.3 Å². The first-order valence-corrected chi connectivity index (χ1v) is 9.29. The molecule has 29 heavy (non-hydrogen) atoms. The molecule has 1 heterocycles. The average Bonchev–Trinajstić information content (AvgIpc) is 3.16. The zero-order valence-corrected chi connectivity index (χ0v) is 17.3. The first-order chi connectivity index (χ1) is 13.9. The summed E-state index contributed by atoms with van der Waals surface area (Å²) in [7, 11) is 1.36. The maximum Gasteiger partial charge on any atom is 0.276 e. The molecule has 0 saturated heterocycles. The van der Waals surface area contributed by atoms with E-state index in [1.165, 1.54) is 36.1 Å². The summed E-state index contributed by atoms with van der Waals surface area (Å²) in [6, 6.07) is 10.5. The first kappa shape index (κ1) is 20.6. The van der Waals surface area contributed by atoms with E-state index >= 15 is 0 Å². The molecule has 150 valence electrons. The highest BCUT2D eigenvalue weighted by atomic mass is 79.9. The second-order valence-corrected chi connectivity index (χ2v) is 6.98. The van der Waals surface area contributed by atoms with Crippen LogP contribution in [0.15, 0.2) is 53.1 Å². The molecule has 0 bridgehead atoms. The number of carbonyl (C=O) groups excluding carboxylic acids is 1.